The Bertz CT molecular complexity index is 1320. The van der Waals surface area contributed by atoms with Crippen LogP contribution in [-0.2, 0) is 11.0 Å². The van der Waals surface area contributed by atoms with Crippen LogP contribution in [-0.4, -0.2) is 35.4 Å². The molecule has 1 atom stereocenters. The van der Waals surface area contributed by atoms with Gasteiger partial charge in [-0.15, -0.1) is 0 Å². The summed E-state index contributed by atoms with van der Waals surface area (Å²) >= 11 is 0. The van der Waals surface area contributed by atoms with Crippen molar-refractivity contribution in [3.63, 3.8) is 0 Å². The van der Waals surface area contributed by atoms with Crippen LogP contribution < -0.4 is 14.2 Å². The van der Waals surface area contributed by atoms with Crippen LogP contribution in [0.25, 0.3) is 11.1 Å². The summed E-state index contributed by atoms with van der Waals surface area (Å²) in [6, 6.07) is 14.1. The molecule has 5 rings (SSSR count). The van der Waals surface area contributed by atoms with Crippen molar-refractivity contribution in [1.29, 1.82) is 0 Å². The van der Waals surface area contributed by atoms with Crippen LogP contribution >= 0.6 is 0 Å². The maximum Gasteiger partial charge on any atom is 0.416 e. The lowest BCUT2D eigenvalue weighted by atomic mass is 9.91. The summed E-state index contributed by atoms with van der Waals surface area (Å²) in [4.78, 5) is 15.7. The van der Waals surface area contributed by atoms with Gasteiger partial charge in [0.1, 0.15) is 17.6 Å². The van der Waals surface area contributed by atoms with Crippen LogP contribution in [0.3, 0.4) is 0 Å². The number of pyridine rings is 1. The molecule has 40 heavy (non-hydrogen) atoms. The highest BCUT2D eigenvalue weighted by Gasteiger charge is 2.34. The van der Waals surface area contributed by atoms with E-state index in [0.717, 1.165) is 56.2 Å². The molecule has 1 aromatic heterocycles. The van der Waals surface area contributed by atoms with Crippen LogP contribution in [0.5, 0.6) is 17.4 Å². The van der Waals surface area contributed by atoms with Crippen LogP contribution in [0, 0.1) is 5.92 Å². The van der Waals surface area contributed by atoms with E-state index >= 15 is 0 Å². The number of hydrogen-bond acceptors (Lipinski definition) is 5. The fraction of sp³-hybridized carbons (Fsp3) is 0.419. The molecule has 2 fully saturated rings. The minimum Gasteiger partial charge on any atom is -0.497 e. The maximum atomic E-state index is 13.0. The first-order valence-corrected chi connectivity index (χ1v) is 13.6. The molecule has 0 aliphatic heterocycles. The molecular weight excluding hydrogens is 523 g/mol. The van der Waals surface area contributed by atoms with Gasteiger partial charge in [0.15, 0.2) is 0 Å². The molecular formula is C31H32F3NO5. The maximum absolute atomic E-state index is 13.0. The largest absolute Gasteiger partial charge is 0.497 e. The molecule has 1 heterocycles. The molecule has 0 spiro atoms. The normalized spacial score (nSPS) is 20.0. The first-order valence-electron chi connectivity index (χ1n) is 13.6. The van der Waals surface area contributed by atoms with Gasteiger partial charge in [-0.2, -0.15) is 13.2 Å². The molecule has 2 aliphatic carbocycles. The zero-order chi connectivity index (χ0) is 28.3. The second-order valence-corrected chi connectivity index (χ2v) is 10.5. The van der Waals surface area contributed by atoms with E-state index in [1.165, 1.54) is 12.1 Å². The Morgan fingerprint density at radius 2 is 1.62 bits per heavy atom. The van der Waals surface area contributed by atoms with Crippen molar-refractivity contribution in [1.82, 2.24) is 4.98 Å². The summed E-state index contributed by atoms with van der Waals surface area (Å²) in [5, 5.41) is 9.33. The predicted octanol–water partition coefficient (Wildman–Crippen LogP) is 7.51. The summed E-state index contributed by atoms with van der Waals surface area (Å²) in [6.07, 6.45) is 2.33. The molecule has 0 radical (unpaired) electrons. The van der Waals surface area contributed by atoms with Crippen LogP contribution in [0.15, 0.2) is 60.8 Å². The number of carboxylic acid groups (broad SMARTS) is 1. The standard InChI is InChI=1S/C31H32F3NO5/c1-38-25-12-13-26(19-4-6-22(7-5-19)31(32,33)34)28(17-25)39-23-8-10-24(11-9-23)40-29-16-21(14-15-35-29)27(18-30(36)37)20-2-3-20/h4-7,12-17,20,23-24,27H,2-3,8-11,18H2,1H3,(H,36,37)/t23-,24-,27?. The van der Waals surface area contributed by atoms with E-state index in [9.17, 15) is 23.1 Å². The van der Waals surface area contributed by atoms with E-state index in [-0.39, 0.29) is 24.5 Å². The van der Waals surface area contributed by atoms with E-state index in [0.29, 0.717) is 34.4 Å². The lowest BCUT2D eigenvalue weighted by Crippen LogP contribution is -2.30. The number of aliphatic carboxylic acids is 1. The summed E-state index contributed by atoms with van der Waals surface area (Å²) in [6.45, 7) is 0. The number of nitrogens with zero attached hydrogens (tertiary/aromatic N) is 1. The number of carboxylic acids is 1. The van der Waals surface area contributed by atoms with E-state index in [4.69, 9.17) is 14.2 Å². The Labute approximate surface area is 231 Å². The molecule has 9 heteroatoms. The highest BCUT2D eigenvalue weighted by molar-refractivity contribution is 5.72. The van der Waals surface area contributed by atoms with Crippen LogP contribution in [0.4, 0.5) is 13.2 Å². The monoisotopic (exact) mass is 555 g/mol. The fourth-order valence-electron chi connectivity index (χ4n) is 5.39. The molecule has 3 aromatic rings. The molecule has 0 amide bonds. The third-order valence-electron chi connectivity index (χ3n) is 7.69. The molecule has 6 nitrogen and oxygen atoms in total. The lowest BCUT2D eigenvalue weighted by molar-refractivity contribution is -0.138. The van der Waals surface area contributed by atoms with Crippen molar-refractivity contribution in [3.8, 4) is 28.5 Å². The topological polar surface area (TPSA) is 77.9 Å². The third kappa shape index (κ3) is 6.87. The quantitative estimate of drug-likeness (QED) is 0.279. The van der Waals surface area contributed by atoms with Crippen molar-refractivity contribution in [3.05, 3.63) is 71.9 Å². The summed E-state index contributed by atoms with van der Waals surface area (Å²) in [5.41, 5.74) is 1.58. The number of rotatable bonds is 10. The van der Waals surface area contributed by atoms with Gasteiger partial charge in [0.05, 0.1) is 25.2 Å². The van der Waals surface area contributed by atoms with Crippen molar-refractivity contribution in [2.75, 3.05) is 7.11 Å². The summed E-state index contributed by atoms with van der Waals surface area (Å²) in [5.74, 6) is 1.25. The van der Waals surface area contributed by atoms with Crippen LogP contribution in [0.1, 0.15) is 62.0 Å². The van der Waals surface area contributed by atoms with E-state index in [1.807, 2.05) is 12.1 Å². The number of halogens is 3. The zero-order valence-electron chi connectivity index (χ0n) is 22.2. The number of aromatic nitrogens is 1. The molecule has 2 aromatic carbocycles. The van der Waals surface area contributed by atoms with Crippen LogP contribution in [0.2, 0.25) is 0 Å². The zero-order valence-corrected chi connectivity index (χ0v) is 22.2. The highest BCUT2D eigenvalue weighted by atomic mass is 19.4. The molecule has 2 saturated carbocycles. The molecule has 1 N–H and O–H groups in total. The van der Waals surface area contributed by atoms with Crippen molar-refractivity contribution < 1.29 is 37.3 Å². The van der Waals surface area contributed by atoms with Crippen molar-refractivity contribution >= 4 is 5.97 Å². The average molecular weight is 556 g/mol. The van der Waals surface area contributed by atoms with Gasteiger partial charge in [-0.25, -0.2) is 4.98 Å². The fourth-order valence-corrected chi connectivity index (χ4v) is 5.39. The minimum absolute atomic E-state index is 0.0197. The number of carbonyl (C=O) groups is 1. The van der Waals surface area contributed by atoms with E-state index in [2.05, 4.69) is 4.98 Å². The molecule has 2 aliphatic rings. The minimum atomic E-state index is -4.40. The first kappa shape index (κ1) is 27.8. The van der Waals surface area contributed by atoms with Gasteiger partial charge >= 0.3 is 12.1 Å². The number of methoxy groups -OCH3 is 1. The second kappa shape index (κ2) is 11.8. The van der Waals surface area contributed by atoms with E-state index in [1.54, 1.807) is 31.5 Å². The van der Waals surface area contributed by atoms with Gasteiger partial charge in [-0.1, -0.05) is 12.1 Å². The Balaban J connectivity index is 1.23. The lowest BCUT2D eigenvalue weighted by Gasteiger charge is -2.30. The summed E-state index contributed by atoms with van der Waals surface area (Å²) in [7, 11) is 1.55. The number of alkyl halides is 3. The molecule has 1 unspecified atom stereocenters. The third-order valence-corrected chi connectivity index (χ3v) is 7.69. The Morgan fingerprint density at radius 1 is 0.950 bits per heavy atom. The van der Waals surface area contributed by atoms with Gasteiger partial charge in [0, 0.05) is 23.9 Å². The van der Waals surface area contributed by atoms with Crippen molar-refractivity contribution in [2.24, 2.45) is 5.92 Å². The van der Waals surface area contributed by atoms with Gasteiger partial charge in [-0.3, -0.25) is 4.79 Å². The Morgan fingerprint density at radius 3 is 2.23 bits per heavy atom. The SMILES string of the molecule is COc1ccc(-c2ccc(C(F)(F)F)cc2)c(O[C@H]2CC[C@H](Oc3cc(C(CC(=O)O)C4CC4)ccn3)CC2)c1. The predicted molar refractivity (Wildman–Crippen MR) is 143 cm³/mol. The average Bonchev–Trinajstić information content (AvgIpc) is 3.78. The van der Waals surface area contributed by atoms with Gasteiger partial charge in [0.2, 0.25) is 5.88 Å². The first-order chi connectivity index (χ1) is 19.2. The number of hydrogen-bond donors (Lipinski definition) is 1. The number of benzene rings is 2. The Kier molecular flexibility index (Phi) is 8.19. The summed E-state index contributed by atoms with van der Waals surface area (Å²) < 4.78 is 57.0. The molecule has 0 bridgehead atoms. The second-order valence-electron chi connectivity index (χ2n) is 10.5. The van der Waals surface area contributed by atoms with Crippen molar-refractivity contribution in [2.45, 2.75) is 69.2 Å². The number of ether oxygens (including phenoxy) is 3. The molecule has 212 valence electrons. The van der Waals surface area contributed by atoms with Gasteiger partial charge in [-0.05, 0) is 91.8 Å². The highest BCUT2D eigenvalue weighted by Crippen LogP contribution is 2.45. The van der Waals surface area contributed by atoms with E-state index < -0.39 is 17.7 Å². The van der Waals surface area contributed by atoms with Gasteiger partial charge in [0.25, 0.3) is 0 Å². The Hall–Kier alpha value is -3.75. The smallest absolute Gasteiger partial charge is 0.416 e. The van der Waals surface area contributed by atoms with Gasteiger partial charge < -0.3 is 19.3 Å². The molecule has 0 saturated heterocycles.